The molecule has 0 spiro atoms. The molecule has 0 aliphatic rings. The van der Waals surface area contributed by atoms with Crippen LogP contribution in [0.1, 0.15) is 22.3 Å². The number of benzene rings is 4. The van der Waals surface area contributed by atoms with E-state index in [1.54, 1.807) is 30.3 Å². The Balaban J connectivity index is 1.83. The smallest absolute Gasteiger partial charge is 0.134 e. The summed E-state index contributed by atoms with van der Waals surface area (Å²) in [6.45, 7) is 7.55. The molecular weight excluding hydrogens is 414 g/mol. The number of hydrogen-bond donors (Lipinski definition) is 3. The van der Waals surface area contributed by atoms with E-state index in [9.17, 15) is 15.3 Å². The molecule has 5 heteroatoms. The van der Waals surface area contributed by atoms with Gasteiger partial charge in [0.2, 0.25) is 0 Å². The van der Waals surface area contributed by atoms with Crippen molar-refractivity contribution >= 4 is 17.1 Å². The van der Waals surface area contributed by atoms with E-state index in [1.807, 2.05) is 75.1 Å². The van der Waals surface area contributed by atoms with E-state index in [0.717, 1.165) is 33.8 Å². The largest absolute Gasteiger partial charge is 0.508 e. The molecule has 4 aromatic rings. The van der Waals surface area contributed by atoms with E-state index < -0.39 is 0 Å². The van der Waals surface area contributed by atoms with Gasteiger partial charge in [-0.3, -0.25) is 0 Å². The van der Waals surface area contributed by atoms with E-state index >= 15 is 0 Å². The van der Waals surface area contributed by atoms with Crippen LogP contribution in [0.15, 0.2) is 72.8 Å². The Morgan fingerprint density at radius 1 is 0.606 bits per heavy atom. The fourth-order valence-electron chi connectivity index (χ4n) is 3.92. The SMILES string of the molecule is Cc1cc(O)cc(N(c2cc(C)cc(O)c2)c2cccc(Oc3cc(C)cc(O)c3C)c2)c1. The van der Waals surface area contributed by atoms with Gasteiger partial charge in [0.1, 0.15) is 28.7 Å². The summed E-state index contributed by atoms with van der Waals surface area (Å²) in [6.07, 6.45) is 0. The lowest BCUT2D eigenvalue weighted by Gasteiger charge is -2.27. The minimum Gasteiger partial charge on any atom is -0.508 e. The molecule has 4 rings (SSSR count). The van der Waals surface area contributed by atoms with Crippen molar-refractivity contribution in [3.63, 3.8) is 0 Å². The molecule has 3 N–H and O–H groups in total. The molecule has 0 heterocycles. The highest BCUT2D eigenvalue weighted by Crippen LogP contribution is 2.40. The topological polar surface area (TPSA) is 73.2 Å². The van der Waals surface area contributed by atoms with Gasteiger partial charge in [-0.15, -0.1) is 0 Å². The van der Waals surface area contributed by atoms with Crippen molar-refractivity contribution in [3.8, 4) is 28.7 Å². The Morgan fingerprint density at radius 2 is 1.18 bits per heavy atom. The number of phenols is 3. The predicted molar refractivity (Wildman–Crippen MR) is 132 cm³/mol. The molecule has 4 aromatic carbocycles. The van der Waals surface area contributed by atoms with E-state index in [-0.39, 0.29) is 17.2 Å². The molecule has 0 saturated heterocycles. The molecule has 0 radical (unpaired) electrons. The summed E-state index contributed by atoms with van der Waals surface area (Å²) in [5, 5.41) is 30.7. The highest BCUT2D eigenvalue weighted by Gasteiger charge is 2.16. The van der Waals surface area contributed by atoms with Crippen LogP contribution in [-0.4, -0.2) is 15.3 Å². The molecule has 0 atom stereocenters. The molecule has 5 nitrogen and oxygen atoms in total. The summed E-state index contributed by atoms with van der Waals surface area (Å²) in [6, 6.07) is 21.8. The van der Waals surface area contributed by atoms with Crippen LogP contribution in [-0.2, 0) is 0 Å². The molecule has 0 saturated carbocycles. The predicted octanol–water partition coefficient (Wildman–Crippen LogP) is 7.30. The van der Waals surface area contributed by atoms with Crippen LogP contribution in [0.4, 0.5) is 17.1 Å². The average molecular weight is 442 g/mol. The van der Waals surface area contributed by atoms with Crippen molar-refractivity contribution in [2.45, 2.75) is 27.7 Å². The van der Waals surface area contributed by atoms with Gasteiger partial charge in [-0.1, -0.05) is 6.07 Å². The van der Waals surface area contributed by atoms with E-state index in [4.69, 9.17) is 4.74 Å². The molecule has 33 heavy (non-hydrogen) atoms. The maximum Gasteiger partial charge on any atom is 0.134 e. The van der Waals surface area contributed by atoms with Crippen molar-refractivity contribution in [2.75, 3.05) is 4.90 Å². The van der Waals surface area contributed by atoms with Gasteiger partial charge in [0.25, 0.3) is 0 Å². The lowest BCUT2D eigenvalue weighted by Crippen LogP contribution is -2.10. The summed E-state index contributed by atoms with van der Waals surface area (Å²) in [5.74, 6) is 1.68. The lowest BCUT2D eigenvalue weighted by atomic mass is 10.1. The Kier molecular flexibility index (Phi) is 5.88. The van der Waals surface area contributed by atoms with Gasteiger partial charge in [0.15, 0.2) is 0 Å². The summed E-state index contributed by atoms with van der Waals surface area (Å²) in [4.78, 5) is 1.95. The van der Waals surface area contributed by atoms with Crippen molar-refractivity contribution < 1.29 is 20.1 Å². The molecule has 168 valence electrons. The fraction of sp³-hybridized carbons (Fsp3) is 0.143. The quantitative estimate of drug-likeness (QED) is 0.303. The second-order valence-corrected chi connectivity index (χ2v) is 8.40. The number of nitrogens with zero attached hydrogens (tertiary/aromatic N) is 1. The zero-order valence-electron chi connectivity index (χ0n) is 19.1. The monoisotopic (exact) mass is 441 g/mol. The number of aromatic hydroxyl groups is 3. The minimum atomic E-state index is 0.158. The van der Waals surface area contributed by atoms with Gasteiger partial charge in [-0.2, -0.15) is 0 Å². The second-order valence-electron chi connectivity index (χ2n) is 8.40. The molecule has 0 fully saturated rings. The number of phenolic OH excluding ortho intramolecular Hbond substituents is 3. The van der Waals surface area contributed by atoms with Crippen LogP contribution in [0.25, 0.3) is 0 Å². The fourth-order valence-corrected chi connectivity index (χ4v) is 3.92. The maximum absolute atomic E-state index is 10.3. The highest BCUT2D eigenvalue weighted by atomic mass is 16.5. The first-order valence-corrected chi connectivity index (χ1v) is 10.7. The first-order chi connectivity index (χ1) is 15.7. The summed E-state index contributed by atoms with van der Waals surface area (Å²) in [7, 11) is 0. The zero-order chi connectivity index (χ0) is 23.7. The van der Waals surface area contributed by atoms with Gasteiger partial charge in [0.05, 0.1) is 11.4 Å². The average Bonchev–Trinajstić information content (AvgIpc) is 2.71. The van der Waals surface area contributed by atoms with Gasteiger partial charge < -0.3 is 25.0 Å². The third-order valence-electron chi connectivity index (χ3n) is 5.39. The Morgan fingerprint density at radius 3 is 1.76 bits per heavy atom. The number of anilines is 3. The van der Waals surface area contributed by atoms with Crippen LogP contribution < -0.4 is 9.64 Å². The summed E-state index contributed by atoms with van der Waals surface area (Å²) >= 11 is 0. The molecule has 0 aliphatic carbocycles. The van der Waals surface area contributed by atoms with Crippen LogP contribution in [0, 0.1) is 27.7 Å². The lowest BCUT2D eigenvalue weighted by molar-refractivity contribution is 0.447. The van der Waals surface area contributed by atoms with Gasteiger partial charge >= 0.3 is 0 Å². The number of ether oxygens (including phenoxy) is 1. The molecule has 0 unspecified atom stereocenters. The van der Waals surface area contributed by atoms with Crippen LogP contribution in [0.5, 0.6) is 28.7 Å². The summed E-state index contributed by atoms with van der Waals surface area (Å²) in [5.41, 5.74) is 5.66. The summed E-state index contributed by atoms with van der Waals surface area (Å²) < 4.78 is 6.14. The third kappa shape index (κ3) is 4.88. The van der Waals surface area contributed by atoms with E-state index in [2.05, 4.69) is 0 Å². The Labute approximate surface area is 193 Å². The molecule has 0 aromatic heterocycles. The molecule has 0 bridgehead atoms. The molecule has 0 amide bonds. The first-order valence-electron chi connectivity index (χ1n) is 10.7. The van der Waals surface area contributed by atoms with E-state index in [0.29, 0.717) is 17.1 Å². The third-order valence-corrected chi connectivity index (χ3v) is 5.39. The minimum absolute atomic E-state index is 0.158. The number of hydrogen-bond acceptors (Lipinski definition) is 5. The van der Waals surface area contributed by atoms with Crippen LogP contribution in [0.2, 0.25) is 0 Å². The van der Waals surface area contributed by atoms with Gasteiger partial charge in [-0.05, 0) is 92.9 Å². The maximum atomic E-state index is 10.3. The number of aryl methyl sites for hydroxylation is 3. The van der Waals surface area contributed by atoms with E-state index in [1.165, 1.54) is 0 Å². The second kappa shape index (κ2) is 8.79. The Hall–Kier alpha value is -4.12. The zero-order valence-corrected chi connectivity index (χ0v) is 19.1. The standard InChI is InChI=1S/C28H27NO4/c1-17-8-22(14-24(30)10-17)29(23-9-18(2)11-25(31)15-23)21-6-5-7-26(16-21)33-28-13-19(3)12-27(32)20(28)4/h5-16,30-32H,1-4H3. The van der Waals surface area contributed by atoms with Crippen molar-refractivity contribution in [1.29, 1.82) is 0 Å². The first kappa shape index (κ1) is 22.1. The van der Waals surface area contributed by atoms with Crippen molar-refractivity contribution in [3.05, 3.63) is 95.1 Å². The number of rotatable bonds is 5. The van der Waals surface area contributed by atoms with Crippen molar-refractivity contribution in [1.82, 2.24) is 0 Å². The molecular formula is C28H27NO4. The van der Waals surface area contributed by atoms with Gasteiger partial charge in [-0.25, -0.2) is 0 Å². The van der Waals surface area contributed by atoms with Crippen LogP contribution in [0.3, 0.4) is 0 Å². The normalized spacial score (nSPS) is 10.8. The van der Waals surface area contributed by atoms with Gasteiger partial charge in [0, 0.05) is 29.4 Å². The Bertz CT molecular complexity index is 1240. The van der Waals surface area contributed by atoms with Crippen LogP contribution >= 0.6 is 0 Å². The van der Waals surface area contributed by atoms with Crippen molar-refractivity contribution in [2.24, 2.45) is 0 Å². The molecule has 0 aliphatic heterocycles. The highest BCUT2D eigenvalue weighted by molar-refractivity contribution is 5.79.